The molecule has 4 rings (SSSR count). The predicted octanol–water partition coefficient (Wildman–Crippen LogP) is 0.762. The van der Waals surface area contributed by atoms with Crippen LogP contribution in [0.4, 0.5) is 10.2 Å². The van der Waals surface area contributed by atoms with Crippen molar-refractivity contribution < 1.29 is 10.1 Å². The molecule has 2 heterocycles. The Balaban J connectivity index is 1.73. The number of hydrogen-bond donors (Lipinski definition) is 3. The molecule has 4 unspecified atom stereocenters. The molecule has 0 spiro atoms. The topological polar surface area (TPSA) is 72.7 Å². The second-order valence-corrected chi connectivity index (χ2v) is 8.15. The first kappa shape index (κ1) is 16.7. The summed E-state index contributed by atoms with van der Waals surface area (Å²) in [5, 5.41) is 2.28. The van der Waals surface area contributed by atoms with Gasteiger partial charge in [-0.25, -0.2) is 4.39 Å². The number of nitrogens with two attached hydrogens (primary N) is 1. The van der Waals surface area contributed by atoms with Crippen molar-refractivity contribution in [1.29, 1.82) is 0 Å². The standard InChI is InChI=1S/C20H29FN4/c1-12-4-2-6-16(21)20(12)13-8-17-15(10-19(23)24-17)18(9-13)25-7-3-5-14(22)11-25/h2,6,8,10,12-14,16,20,24H,3-5,7,9,11,22-23H2,1H3/p+1/t12?,13?,14-,16?,20?/m0/s1. The number of allylic oxidation sites excluding steroid dienone is 2. The molecule has 0 bridgehead atoms. The molecular formula is C20H30FN4+. The van der Waals surface area contributed by atoms with Crippen molar-refractivity contribution in [3.8, 4) is 0 Å². The molecule has 25 heavy (non-hydrogen) atoms. The van der Waals surface area contributed by atoms with Gasteiger partial charge in [0.25, 0.3) is 0 Å². The van der Waals surface area contributed by atoms with Crippen LogP contribution >= 0.6 is 0 Å². The zero-order valence-electron chi connectivity index (χ0n) is 15.0. The maximum absolute atomic E-state index is 14.7. The second kappa shape index (κ2) is 6.52. The molecule has 0 saturated carbocycles. The molecule has 0 radical (unpaired) electrons. The largest absolute Gasteiger partial charge is 0.385 e. The van der Waals surface area contributed by atoms with E-state index in [2.05, 4.69) is 28.6 Å². The van der Waals surface area contributed by atoms with Crippen LogP contribution in [0.1, 0.15) is 32.6 Å². The summed E-state index contributed by atoms with van der Waals surface area (Å²) in [6, 6.07) is 2.51. The van der Waals surface area contributed by atoms with Gasteiger partial charge < -0.3 is 21.4 Å². The minimum Gasteiger partial charge on any atom is -0.385 e. The normalized spacial score (nSPS) is 35.4. The Morgan fingerprint density at radius 2 is 2.24 bits per heavy atom. The third kappa shape index (κ3) is 3.10. The number of likely N-dealkylation sites (tertiary alicyclic amines) is 1. The number of nitrogens with zero attached hydrogens (tertiary/aromatic N) is 1. The summed E-state index contributed by atoms with van der Waals surface area (Å²) < 4.78 is 14.7. The van der Waals surface area contributed by atoms with Crippen LogP contribution in [-0.4, -0.2) is 35.2 Å². The SMILES string of the molecule is CC1CC=CC(F)C1C1C=c2[nH]c(N)cc2=C(N2CCC[C@H]([NH3+])C2)C1. The highest BCUT2D eigenvalue weighted by Gasteiger charge is 2.36. The number of aromatic nitrogens is 1. The summed E-state index contributed by atoms with van der Waals surface area (Å²) in [5.41, 5.74) is 11.7. The van der Waals surface area contributed by atoms with Gasteiger partial charge >= 0.3 is 0 Å². The van der Waals surface area contributed by atoms with Gasteiger partial charge in [0.15, 0.2) is 0 Å². The monoisotopic (exact) mass is 345 g/mol. The zero-order valence-corrected chi connectivity index (χ0v) is 15.0. The van der Waals surface area contributed by atoms with Gasteiger partial charge in [0.1, 0.15) is 18.0 Å². The van der Waals surface area contributed by atoms with E-state index in [1.165, 1.54) is 23.8 Å². The van der Waals surface area contributed by atoms with Gasteiger partial charge in [-0.15, -0.1) is 0 Å². The summed E-state index contributed by atoms with van der Waals surface area (Å²) in [7, 11) is 0. The van der Waals surface area contributed by atoms with Crippen molar-refractivity contribution in [2.45, 2.75) is 44.8 Å². The number of anilines is 1. The second-order valence-electron chi connectivity index (χ2n) is 8.15. The molecule has 136 valence electrons. The highest BCUT2D eigenvalue weighted by Crippen LogP contribution is 2.38. The van der Waals surface area contributed by atoms with Crippen LogP contribution in [-0.2, 0) is 0 Å². The Bertz CT molecular complexity index is 780. The first-order valence-electron chi connectivity index (χ1n) is 9.61. The number of piperidine rings is 1. The molecule has 1 fully saturated rings. The van der Waals surface area contributed by atoms with Gasteiger partial charge in [-0.2, -0.15) is 0 Å². The number of alkyl halides is 1. The quantitative estimate of drug-likeness (QED) is 0.693. The van der Waals surface area contributed by atoms with E-state index < -0.39 is 6.17 Å². The average molecular weight is 345 g/mol. The Kier molecular flexibility index (Phi) is 4.36. The van der Waals surface area contributed by atoms with E-state index in [0.717, 1.165) is 31.3 Å². The fourth-order valence-corrected chi connectivity index (χ4v) is 5.01. The number of aromatic amines is 1. The molecular weight excluding hydrogens is 315 g/mol. The summed E-state index contributed by atoms with van der Waals surface area (Å²) in [6.07, 6.45) is 9.36. The fraction of sp³-hybridized carbons (Fsp3) is 0.600. The van der Waals surface area contributed by atoms with E-state index >= 15 is 0 Å². The van der Waals surface area contributed by atoms with Gasteiger partial charge in [0, 0.05) is 35.1 Å². The van der Waals surface area contributed by atoms with Crippen molar-refractivity contribution in [2.24, 2.45) is 17.8 Å². The Hall–Kier alpha value is -1.75. The van der Waals surface area contributed by atoms with Gasteiger partial charge in [0.2, 0.25) is 0 Å². The van der Waals surface area contributed by atoms with Crippen LogP contribution in [0.2, 0.25) is 0 Å². The van der Waals surface area contributed by atoms with Crippen LogP contribution < -0.4 is 22.0 Å². The average Bonchev–Trinajstić information content (AvgIpc) is 2.94. The lowest BCUT2D eigenvalue weighted by molar-refractivity contribution is -0.425. The maximum atomic E-state index is 14.7. The van der Waals surface area contributed by atoms with Crippen molar-refractivity contribution in [1.82, 2.24) is 9.88 Å². The summed E-state index contributed by atoms with van der Waals surface area (Å²) in [6.45, 7) is 4.24. The van der Waals surface area contributed by atoms with Gasteiger partial charge in [-0.05, 0) is 37.2 Å². The van der Waals surface area contributed by atoms with E-state index in [-0.39, 0.29) is 11.8 Å². The number of quaternary nitrogens is 1. The predicted molar refractivity (Wildman–Crippen MR) is 99.2 cm³/mol. The number of nitrogen functional groups attached to an aromatic ring is 1. The highest BCUT2D eigenvalue weighted by atomic mass is 19.1. The first-order chi connectivity index (χ1) is 12.0. The third-order valence-corrected chi connectivity index (χ3v) is 6.24. The maximum Gasteiger partial charge on any atom is 0.122 e. The molecule has 0 amide bonds. The van der Waals surface area contributed by atoms with Crippen molar-refractivity contribution >= 4 is 17.6 Å². The molecule has 1 saturated heterocycles. The number of rotatable bonds is 2. The zero-order chi connectivity index (χ0) is 17.6. The van der Waals surface area contributed by atoms with E-state index in [9.17, 15) is 4.39 Å². The van der Waals surface area contributed by atoms with E-state index in [1.54, 1.807) is 6.08 Å². The van der Waals surface area contributed by atoms with Crippen molar-refractivity contribution in [3.05, 3.63) is 28.8 Å². The molecule has 6 N–H and O–H groups in total. The lowest BCUT2D eigenvalue weighted by Crippen LogP contribution is -2.66. The van der Waals surface area contributed by atoms with E-state index in [4.69, 9.17) is 5.73 Å². The van der Waals surface area contributed by atoms with Crippen LogP contribution in [0.3, 0.4) is 0 Å². The van der Waals surface area contributed by atoms with Crippen LogP contribution in [0.15, 0.2) is 18.2 Å². The Morgan fingerprint density at radius 1 is 1.40 bits per heavy atom. The minimum atomic E-state index is -0.859. The van der Waals surface area contributed by atoms with Crippen LogP contribution in [0, 0.1) is 17.8 Å². The molecule has 5 atom stereocenters. The molecule has 3 aliphatic rings. The Morgan fingerprint density at radius 3 is 3.00 bits per heavy atom. The van der Waals surface area contributed by atoms with Crippen molar-refractivity contribution in [3.63, 3.8) is 0 Å². The number of H-pyrrole nitrogens is 1. The lowest BCUT2D eigenvalue weighted by atomic mass is 9.72. The summed E-state index contributed by atoms with van der Waals surface area (Å²) >= 11 is 0. The molecule has 0 aromatic carbocycles. The number of fused-ring (bicyclic) bond motifs is 1. The van der Waals surface area contributed by atoms with Gasteiger partial charge in [0.05, 0.1) is 6.54 Å². The summed E-state index contributed by atoms with van der Waals surface area (Å²) in [4.78, 5) is 5.77. The highest BCUT2D eigenvalue weighted by molar-refractivity contribution is 5.54. The van der Waals surface area contributed by atoms with Gasteiger partial charge in [-0.3, -0.25) is 0 Å². The third-order valence-electron chi connectivity index (χ3n) is 6.24. The smallest absolute Gasteiger partial charge is 0.122 e. The molecule has 1 aliphatic heterocycles. The van der Waals surface area contributed by atoms with E-state index in [1.807, 2.05) is 12.1 Å². The minimum absolute atomic E-state index is 0.0398. The first-order valence-corrected chi connectivity index (χ1v) is 9.61. The number of halogens is 1. The molecule has 2 aliphatic carbocycles. The van der Waals surface area contributed by atoms with Crippen molar-refractivity contribution in [2.75, 3.05) is 18.8 Å². The molecule has 4 nitrogen and oxygen atoms in total. The number of nitrogens with one attached hydrogen (secondary N) is 1. The van der Waals surface area contributed by atoms with Crippen LogP contribution in [0.25, 0.3) is 11.8 Å². The fourth-order valence-electron chi connectivity index (χ4n) is 5.01. The Labute approximate surface area is 148 Å². The van der Waals surface area contributed by atoms with E-state index in [0.29, 0.717) is 17.8 Å². The molecule has 5 heteroatoms. The molecule has 1 aromatic rings. The lowest BCUT2D eigenvalue weighted by Gasteiger charge is -2.39. The number of hydrogen-bond acceptors (Lipinski definition) is 2. The van der Waals surface area contributed by atoms with Crippen LogP contribution in [0.5, 0.6) is 0 Å². The summed E-state index contributed by atoms with van der Waals surface area (Å²) in [5.74, 6) is 1.30. The molecule has 1 aromatic heterocycles. The van der Waals surface area contributed by atoms with Gasteiger partial charge in [-0.1, -0.05) is 25.2 Å².